The summed E-state index contributed by atoms with van der Waals surface area (Å²) in [7, 11) is 0. The summed E-state index contributed by atoms with van der Waals surface area (Å²) in [5, 5.41) is -1.51. The van der Waals surface area contributed by atoms with Gasteiger partial charge in [0, 0.05) is 0 Å². The molecule has 0 saturated heterocycles. The first-order chi connectivity index (χ1) is 13.9. The van der Waals surface area contributed by atoms with Crippen molar-refractivity contribution in [3.05, 3.63) is 72.5 Å². The zero-order valence-electron chi connectivity index (χ0n) is 21.0. The number of benzene rings is 4. The van der Waals surface area contributed by atoms with E-state index < -0.39 is 72.5 Å². The Morgan fingerprint density at radius 3 is 1.94 bits per heavy atom. The van der Waals surface area contributed by atoms with Gasteiger partial charge in [0.2, 0.25) is 0 Å². The first-order valence-corrected chi connectivity index (χ1v) is 5.25. The summed E-state index contributed by atoms with van der Waals surface area (Å²) in [5.74, 6) is 0. The molecule has 0 aromatic heterocycles. The van der Waals surface area contributed by atoms with Gasteiger partial charge in [-0.3, -0.25) is 0 Å². The van der Waals surface area contributed by atoms with Crippen LogP contribution >= 0.6 is 0 Å². The number of fused-ring (bicyclic) bond motifs is 4. The third-order valence-corrected chi connectivity index (χ3v) is 2.69. The SMILES string of the molecule is [2H]c1c([2H])c([2H])c2c([2H])c3c(c([2H])c([2H])c4c([2H])c([2H])c([2H])c([2H])c43)c([2H])c2c1[2H]. The summed E-state index contributed by atoms with van der Waals surface area (Å²) in [5.41, 5.74) is 0. The molecule has 0 aliphatic rings. The molecule has 0 radical (unpaired) electrons. The molecule has 4 rings (SSSR count). The largest absolute Gasteiger partial charge is 0.0636 e. The molecule has 0 atom stereocenters. The molecule has 4 aromatic rings. The van der Waals surface area contributed by atoms with Crippen LogP contribution in [0.25, 0.3) is 32.3 Å². The zero-order chi connectivity index (χ0) is 22.4. The zero-order valence-corrected chi connectivity index (χ0v) is 9.00. The average molecular weight is 240 g/mol. The van der Waals surface area contributed by atoms with E-state index in [4.69, 9.17) is 16.4 Å². The Labute approximate surface area is 122 Å². The lowest BCUT2D eigenvalue weighted by molar-refractivity contribution is 1.77. The van der Waals surface area contributed by atoms with Crippen molar-refractivity contribution in [3.63, 3.8) is 0 Å². The molecule has 0 N–H and O–H groups in total. The summed E-state index contributed by atoms with van der Waals surface area (Å²) >= 11 is 0. The molecule has 18 heavy (non-hydrogen) atoms. The quantitative estimate of drug-likeness (QED) is 0.295. The van der Waals surface area contributed by atoms with E-state index in [1.807, 2.05) is 0 Å². The fourth-order valence-electron chi connectivity index (χ4n) is 1.88. The van der Waals surface area contributed by atoms with Crippen molar-refractivity contribution in [1.82, 2.24) is 0 Å². The van der Waals surface area contributed by atoms with Gasteiger partial charge in [0.25, 0.3) is 0 Å². The summed E-state index contributed by atoms with van der Waals surface area (Å²) in [6, 6.07) is -6.66. The van der Waals surface area contributed by atoms with Gasteiger partial charge in [-0.15, -0.1) is 0 Å². The van der Waals surface area contributed by atoms with Gasteiger partial charge in [0.15, 0.2) is 0 Å². The van der Waals surface area contributed by atoms with Gasteiger partial charge < -0.3 is 0 Å². The van der Waals surface area contributed by atoms with Crippen molar-refractivity contribution < 1.29 is 16.4 Å². The topological polar surface area (TPSA) is 0 Å². The van der Waals surface area contributed by atoms with Crippen LogP contribution in [-0.4, -0.2) is 0 Å². The van der Waals surface area contributed by atoms with Gasteiger partial charge in [0.1, 0.15) is 0 Å². The van der Waals surface area contributed by atoms with Crippen LogP contribution in [-0.2, 0) is 0 Å². The minimum Gasteiger partial charge on any atom is -0.0616 e. The maximum absolute atomic E-state index is 8.65. The molecule has 0 bridgehead atoms. The van der Waals surface area contributed by atoms with Crippen molar-refractivity contribution in [2.45, 2.75) is 0 Å². The molecule has 0 amide bonds. The van der Waals surface area contributed by atoms with E-state index in [0.29, 0.717) is 0 Å². The van der Waals surface area contributed by atoms with Crippen molar-refractivity contribution in [2.24, 2.45) is 0 Å². The lowest BCUT2D eigenvalue weighted by Crippen LogP contribution is -1.79. The molecule has 0 aliphatic heterocycles. The van der Waals surface area contributed by atoms with E-state index >= 15 is 0 Å². The van der Waals surface area contributed by atoms with Gasteiger partial charge in [-0.1, -0.05) is 60.4 Å². The second-order valence-corrected chi connectivity index (χ2v) is 3.75. The van der Waals surface area contributed by atoms with E-state index in [9.17, 15) is 0 Å². The molecule has 0 saturated carbocycles. The highest BCUT2D eigenvalue weighted by atomic mass is 14.1. The third kappa shape index (κ3) is 1.32. The van der Waals surface area contributed by atoms with Crippen molar-refractivity contribution in [1.29, 1.82) is 0 Å². The van der Waals surface area contributed by atoms with Gasteiger partial charge in [-0.25, -0.2) is 0 Å². The lowest BCUT2D eigenvalue weighted by atomic mass is 9.98. The van der Waals surface area contributed by atoms with Gasteiger partial charge in [-0.05, 0) is 44.4 Å². The van der Waals surface area contributed by atoms with Gasteiger partial charge in [0.05, 0.1) is 16.4 Å². The third-order valence-electron chi connectivity index (χ3n) is 2.69. The Balaban J connectivity index is 2.54. The van der Waals surface area contributed by atoms with Crippen LogP contribution in [0.1, 0.15) is 16.4 Å². The Morgan fingerprint density at radius 1 is 0.500 bits per heavy atom. The molecule has 0 aliphatic carbocycles. The van der Waals surface area contributed by atoms with E-state index in [1.165, 1.54) is 0 Å². The van der Waals surface area contributed by atoms with Crippen LogP contribution in [0.2, 0.25) is 0 Å². The average Bonchev–Trinajstić information content (AvgIpc) is 2.71. The van der Waals surface area contributed by atoms with E-state index in [0.717, 1.165) is 0 Å². The fourth-order valence-corrected chi connectivity index (χ4v) is 1.88. The highest BCUT2D eigenvalue weighted by Crippen LogP contribution is 2.29. The first kappa shape index (κ1) is 3.58. The maximum atomic E-state index is 8.65. The molecule has 84 valence electrons. The van der Waals surface area contributed by atoms with Crippen LogP contribution in [0.4, 0.5) is 0 Å². The summed E-state index contributed by atoms with van der Waals surface area (Å²) in [6.07, 6.45) is 0. The molecule has 4 aromatic carbocycles. The molecule has 0 heterocycles. The number of hydrogen-bond acceptors (Lipinski definition) is 0. The van der Waals surface area contributed by atoms with Crippen molar-refractivity contribution in [3.8, 4) is 0 Å². The fraction of sp³-hybridized carbons (Fsp3) is 0. The smallest absolute Gasteiger partial charge is 0.0616 e. The van der Waals surface area contributed by atoms with Crippen LogP contribution < -0.4 is 0 Å². The van der Waals surface area contributed by atoms with Crippen molar-refractivity contribution >= 4 is 32.3 Å². The first-order valence-electron chi connectivity index (χ1n) is 11.2. The predicted molar refractivity (Wildman–Crippen MR) is 79.0 cm³/mol. The normalized spacial score (nSPS) is 20.7. The minimum absolute atomic E-state index is 0.208. The highest BCUT2D eigenvalue weighted by Gasteiger charge is 2.01. The van der Waals surface area contributed by atoms with Crippen LogP contribution in [0.15, 0.2) is 72.5 Å². The minimum atomic E-state index is -0.605. The number of hydrogen-bond donors (Lipinski definition) is 0. The Bertz CT molecular complexity index is 1440. The van der Waals surface area contributed by atoms with E-state index in [-0.39, 0.29) is 32.3 Å². The van der Waals surface area contributed by atoms with Gasteiger partial charge >= 0.3 is 0 Å². The molecule has 0 fully saturated rings. The predicted octanol–water partition coefficient (Wildman–Crippen LogP) is 5.15. The molecule has 0 unspecified atom stereocenters. The standard InChI is InChI=1S/C18H12/c1-2-7-15-12-18-16(11-14(15)6-1)10-9-13-5-3-4-8-17(13)18/h1-12H/i1D,2D,3D,4D,5D,6D,7D,8D,9D,10D,11D,12D. The second kappa shape index (κ2) is 3.58. The highest BCUT2D eigenvalue weighted by molar-refractivity contribution is 6.11. The summed E-state index contributed by atoms with van der Waals surface area (Å²) in [4.78, 5) is 0. The van der Waals surface area contributed by atoms with E-state index in [2.05, 4.69) is 0 Å². The number of rotatable bonds is 0. The summed E-state index contributed by atoms with van der Waals surface area (Å²) < 4.78 is 98.2. The van der Waals surface area contributed by atoms with Crippen LogP contribution in [0.5, 0.6) is 0 Å². The second-order valence-electron chi connectivity index (χ2n) is 3.75. The molecule has 0 spiro atoms. The molecule has 0 heteroatoms. The van der Waals surface area contributed by atoms with E-state index in [1.54, 1.807) is 0 Å². The lowest BCUT2D eigenvalue weighted by Gasteiger charge is -2.06. The summed E-state index contributed by atoms with van der Waals surface area (Å²) in [6.45, 7) is 0. The Kier molecular flexibility index (Phi) is 0.711. The maximum Gasteiger partial charge on any atom is 0.0636 e. The Hall–Kier alpha value is -2.34. The van der Waals surface area contributed by atoms with Crippen LogP contribution in [0, 0.1) is 0 Å². The van der Waals surface area contributed by atoms with Gasteiger partial charge in [-0.2, -0.15) is 0 Å². The monoisotopic (exact) mass is 240 g/mol. The molecular weight excluding hydrogens is 216 g/mol. The van der Waals surface area contributed by atoms with Crippen LogP contribution in [0.3, 0.4) is 0 Å². The Morgan fingerprint density at radius 2 is 1.11 bits per heavy atom. The van der Waals surface area contributed by atoms with Crippen molar-refractivity contribution in [2.75, 3.05) is 0 Å². The molecule has 0 nitrogen and oxygen atoms in total. The molecular formula is C18H12.